The number of aromatic hydroxyl groups is 1. The number of carbonyl (C=O) groups is 2. The molecule has 0 aliphatic carbocycles. The zero-order chi connectivity index (χ0) is 17.3. The molecule has 0 saturated carbocycles. The van der Waals surface area contributed by atoms with Gasteiger partial charge in [0.2, 0.25) is 5.91 Å². The summed E-state index contributed by atoms with van der Waals surface area (Å²) < 4.78 is 5.16. The summed E-state index contributed by atoms with van der Waals surface area (Å²) >= 11 is 0. The molecule has 2 N–H and O–H groups in total. The topological polar surface area (TPSA) is 120 Å². The van der Waals surface area contributed by atoms with Gasteiger partial charge >= 0.3 is 5.63 Å². The van der Waals surface area contributed by atoms with E-state index in [1.807, 2.05) is 0 Å². The highest BCUT2D eigenvalue weighted by Gasteiger charge is 2.18. The molecule has 2 aromatic rings. The molecule has 7 heteroatoms. The number of nitrogens with one attached hydrogen (secondary N) is 1. The van der Waals surface area contributed by atoms with Gasteiger partial charge in [-0.1, -0.05) is 0 Å². The average molecular weight is 318 g/mol. The monoisotopic (exact) mass is 318 g/mol. The number of hydrogen-bond donors (Lipinski definition) is 2. The Kier molecular flexibility index (Phi) is 4.40. The largest absolute Gasteiger partial charge is 0.548 e. The molecule has 1 aromatic heterocycles. The minimum absolute atomic E-state index is 0.0500. The van der Waals surface area contributed by atoms with E-state index < -0.39 is 23.5 Å². The maximum absolute atomic E-state index is 12.1. The Balaban J connectivity index is 2.44. The maximum Gasteiger partial charge on any atom is 0.340 e. The molecule has 23 heavy (non-hydrogen) atoms. The van der Waals surface area contributed by atoms with Gasteiger partial charge in [0, 0.05) is 0 Å². The molecule has 1 atom stereocenters. The zero-order valence-corrected chi connectivity index (χ0v) is 12.9. The number of amides is 1. The minimum Gasteiger partial charge on any atom is -0.548 e. The van der Waals surface area contributed by atoms with E-state index in [1.54, 1.807) is 19.9 Å². The van der Waals surface area contributed by atoms with Crippen molar-refractivity contribution in [1.82, 2.24) is 5.32 Å². The predicted octanol–water partition coefficient (Wildman–Crippen LogP) is -0.0875. The van der Waals surface area contributed by atoms with E-state index in [0.717, 1.165) is 5.56 Å². The number of carboxylic acids is 1. The first kappa shape index (κ1) is 16.5. The summed E-state index contributed by atoms with van der Waals surface area (Å²) in [6.45, 7) is 4.61. The van der Waals surface area contributed by atoms with E-state index in [9.17, 15) is 24.6 Å². The Morgan fingerprint density at radius 3 is 2.61 bits per heavy atom. The quantitative estimate of drug-likeness (QED) is 0.760. The smallest absolute Gasteiger partial charge is 0.340 e. The summed E-state index contributed by atoms with van der Waals surface area (Å²) in [7, 11) is 0. The lowest BCUT2D eigenvalue weighted by molar-refractivity contribution is -0.307. The van der Waals surface area contributed by atoms with Crippen molar-refractivity contribution in [3.63, 3.8) is 0 Å². The van der Waals surface area contributed by atoms with Crippen molar-refractivity contribution in [3.8, 4) is 5.75 Å². The highest BCUT2D eigenvalue weighted by atomic mass is 16.4. The Morgan fingerprint density at radius 2 is 2.00 bits per heavy atom. The van der Waals surface area contributed by atoms with Gasteiger partial charge in [-0.3, -0.25) is 4.79 Å². The van der Waals surface area contributed by atoms with Gasteiger partial charge in [-0.15, -0.1) is 0 Å². The number of fused-ring (bicyclic) bond motifs is 1. The molecule has 0 aliphatic heterocycles. The van der Waals surface area contributed by atoms with Gasteiger partial charge in [0.05, 0.1) is 29.4 Å². The van der Waals surface area contributed by atoms with Crippen LogP contribution in [0.1, 0.15) is 23.6 Å². The standard InChI is InChI=1S/C16H17NO6/c1-7-4-11(18)14-8(2)10(16(22)23-12(14)5-7)6-13(19)17-9(3)15(20)21/h4-5,9,18H,6H2,1-3H3,(H,17,19)(H,20,21)/p-1/t9-/m0/s1. The summed E-state index contributed by atoms with van der Waals surface area (Å²) in [5, 5.41) is 23.2. The lowest BCUT2D eigenvalue weighted by Crippen LogP contribution is -2.46. The summed E-state index contributed by atoms with van der Waals surface area (Å²) in [4.78, 5) is 34.6. The molecule has 122 valence electrons. The third-order valence-corrected chi connectivity index (χ3v) is 3.57. The van der Waals surface area contributed by atoms with Crippen molar-refractivity contribution < 1.29 is 24.2 Å². The molecule has 2 rings (SSSR count). The van der Waals surface area contributed by atoms with Crippen LogP contribution in [-0.2, 0) is 16.0 Å². The van der Waals surface area contributed by atoms with Crippen LogP contribution < -0.4 is 16.0 Å². The predicted molar refractivity (Wildman–Crippen MR) is 79.9 cm³/mol. The molecule has 0 radical (unpaired) electrons. The van der Waals surface area contributed by atoms with Crippen LogP contribution in [0.4, 0.5) is 0 Å². The number of benzene rings is 1. The number of carbonyl (C=O) groups excluding carboxylic acids is 2. The molecule has 0 spiro atoms. The average Bonchev–Trinajstić information content (AvgIpc) is 2.42. The van der Waals surface area contributed by atoms with Crippen LogP contribution in [0.3, 0.4) is 0 Å². The van der Waals surface area contributed by atoms with Crippen molar-refractivity contribution in [1.29, 1.82) is 0 Å². The van der Waals surface area contributed by atoms with Crippen LogP contribution in [0.2, 0.25) is 0 Å². The molecular formula is C16H16NO6-. The van der Waals surface area contributed by atoms with Gasteiger partial charge < -0.3 is 24.7 Å². The molecule has 7 nitrogen and oxygen atoms in total. The lowest BCUT2D eigenvalue weighted by atomic mass is 10.0. The Morgan fingerprint density at radius 1 is 1.35 bits per heavy atom. The first-order valence-corrected chi connectivity index (χ1v) is 6.96. The van der Waals surface area contributed by atoms with Gasteiger partial charge in [0.1, 0.15) is 11.3 Å². The molecular weight excluding hydrogens is 302 g/mol. The molecule has 0 bridgehead atoms. The molecule has 1 heterocycles. The van der Waals surface area contributed by atoms with Gasteiger partial charge in [-0.25, -0.2) is 4.79 Å². The van der Waals surface area contributed by atoms with E-state index in [1.165, 1.54) is 13.0 Å². The van der Waals surface area contributed by atoms with Gasteiger partial charge in [0.25, 0.3) is 0 Å². The van der Waals surface area contributed by atoms with Crippen molar-refractivity contribution >= 4 is 22.8 Å². The summed E-state index contributed by atoms with van der Waals surface area (Å²) in [6, 6.07) is 1.97. The first-order chi connectivity index (χ1) is 10.7. The Hall–Kier alpha value is -2.83. The van der Waals surface area contributed by atoms with E-state index in [2.05, 4.69) is 5.32 Å². The van der Waals surface area contributed by atoms with Crippen LogP contribution in [0.15, 0.2) is 21.3 Å². The summed E-state index contributed by atoms with van der Waals surface area (Å²) in [6.07, 6.45) is -0.352. The first-order valence-electron chi connectivity index (χ1n) is 6.96. The highest BCUT2D eigenvalue weighted by molar-refractivity contribution is 5.90. The number of aliphatic carboxylic acids is 1. The molecule has 0 saturated heterocycles. The SMILES string of the molecule is Cc1cc(O)c2c(C)c(CC(=O)N[C@@H](C)C(=O)[O-])c(=O)oc2c1. The van der Waals surface area contributed by atoms with Crippen molar-refractivity contribution in [2.45, 2.75) is 33.2 Å². The second kappa shape index (κ2) is 6.12. The fourth-order valence-electron chi connectivity index (χ4n) is 2.37. The second-order valence-electron chi connectivity index (χ2n) is 5.44. The number of carboxylic acid groups (broad SMARTS) is 1. The van der Waals surface area contributed by atoms with Crippen LogP contribution >= 0.6 is 0 Å². The van der Waals surface area contributed by atoms with Crippen LogP contribution in [0.25, 0.3) is 11.0 Å². The summed E-state index contributed by atoms with van der Waals surface area (Å²) in [5.41, 5.74) is 0.754. The van der Waals surface area contributed by atoms with E-state index in [4.69, 9.17) is 4.42 Å². The Labute approximate surface area is 131 Å². The van der Waals surface area contributed by atoms with Gasteiger partial charge in [-0.2, -0.15) is 0 Å². The maximum atomic E-state index is 12.1. The summed E-state index contributed by atoms with van der Waals surface area (Å²) in [5.74, 6) is -2.12. The fourth-order valence-corrected chi connectivity index (χ4v) is 2.37. The highest BCUT2D eigenvalue weighted by Crippen LogP contribution is 2.29. The van der Waals surface area contributed by atoms with Crippen LogP contribution in [0.5, 0.6) is 5.75 Å². The lowest BCUT2D eigenvalue weighted by Gasteiger charge is -2.15. The van der Waals surface area contributed by atoms with Gasteiger partial charge in [0.15, 0.2) is 0 Å². The number of phenols is 1. The molecule has 0 aliphatic rings. The van der Waals surface area contributed by atoms with Crippen molar-refractivity contribution in [3.05, 3.63) is 39.2 Å². The fraction of sp³-hybridized carbons (Fsp3) is 0.312. The number of hydrogen-bond acceptors (Lipinski definition) is 6. The third-order valence-electron chi connectivity index (χ3n) is 3.57. The molecule has 1 amide bonds. The third kappa shape index (κ3) is 3.33. The van der Waals surface area contributed by atoms with Crippen molar-refractivity contribution in [2.24, 2.45) is 0 Å². The van der Waals surface area contributed by atoms with Crippen molar-refractivity contribution in [2.75, 3.05) is 0 Å². The zero-order valence-electron chi connectivity index (χ0n) is 12.9. The second-order valence-corrected chi connectivity index (χ2v) is 5.44. The van der Waals surface area contributed by atoms with Crippen LogP contribution in [0, 0.1) is 13.8 Å². The number of aryl methyl sites for hydroxylation is 2. The van der Waals surface area contributed by atoms with E-state index >= 15 is 0 Å². The number of phenolic OH excluding ortho intramolecular Hbond substituents is 1. The van der Waals surface area contributed by atoms with Gasteiger partial charge in [-0.05, 0) is 44.0 Å². The Bertz CT molecular complexity index is 852. The molecule has 0 fully saturated rings. The van der Waals surface area contributed by atoms with E-state index in [0.29, 0.717) is 10.9 Å². The number of rotatable bonds is 4. The molecule has 1 aromatic carbocycles. The molecule has 0 unspecified atom stereocenters. The van der Waals surface area contributed by atoms with E-state index in [-0.39, 0.29) is 23.3 Å². The normalized spacial score (nSPS) is 12.1. The minimum atomic E-state index is -1.42. The van der Waals surface area contributed by atoms with Crippen LogP contribution in [-0.4, -0.2) is 23.0 Å².